The Balaban J connectivity index is 2.05. The number of fused-ring (bicyclic) bond motifs is 2. The quantitative estimate of drug-likeness (QED) is 0.670. The molecule has 1 unspecified atom stereocenters. The molecular weight excluding hydrogens is 308 g/mol. The van der Waals surface area contributed by atoms with Gasteiger partial charge in [0.15, 0.2) is 0 Å². The summed E-state index contributed by atoms with van der Waals surface area (Å²) in [6.45, 7) is 0. The van der Waals surface area contributed by atoms with E-state index in [0.717, 1.165) is 22.9 Å². The summed E-state index contributed by atoms with van der Waals surface area (Å²) in [5.74, 6) is 1.23. The molecule has 94 valence electrons. The summed E-state index contributed by atoms with van der Waals surface area (Å²) in [6, 6.07) is 2.11. The van der Waals surface area contributed by atoms with Gasteiger partial charge >= 0.3 is 0 Å². The normalized spacial score (nSPS) is 33.6. The molecule has 1 aromatic heterocycles. The summed E-state index contributed by atoms with van der Waals surface area (Å²) < 4.78 is 0.988. The predicted molar refractivity (Wildman–Crippen MR) is 80.4 cm³/mol. The maximum atomic E-state index is 6.10. The van der Waals surface area contributed by atoms with Crippen LogP contribution in [0.25, 0.3) is 0 Å². The van der Waals surface area contributed by atoms with Crippen LogP contribution in [0.2, 0.25) is 0 Å². The molecule has 2 aliphatic carbocycles. The molecule has 2 aliphatic rings. The van der Waals surface area contributed by atoms with Crippen LogP contribution >= 0.6 is 28.1 Å². The number of hydrogen-bond donors (Lipinski definition) is 1. The molecule has 18 heavy (non-hydrogen) atoms. The summed E-state index contributed by atoms with van der Waals surface area (Å²) >= 11 is 8.88. The van der Waals surface area contributed by atoms with Crippen molar-refractivity contribution in [3.63, 3.8) is 0 Å². The lowest BCUT2D eigenvalue weighted by molar-refractivity contribution is 0.293. The first kappa shape index (κ1) is 12.3. The fourth-order valence-electron chi connectivity index (χ4n) is 3.39. The lowest BCUT2D eigenvalue weighted by Crippen LogP contribution is -2.44. The Hall–Kier alpha value is -0.740. The number of aromatic nitrogens is 1. The fraction of sp³-hybridized carbons (Fsp3) is 0.429. The largest absolute Gasteiger partial charge is 0.393 e. The maximum Gasteiger partial charge on any atom is 0.0835 e. The molecule has 1 fully saturated rings. The van der Waals surface area contributed by atoms with Crippen molar-refractivity contribution in [3.8, 4) is 0 Å². The number of thiocarbonyl (C=S) groups is 1. The minimum Gasteiger partial charge on any atom is -0.393 e. The Bertz CT molecular complexity index is 512. The van der Waals surface area contributed by atoms with Crippen LogP contribution in [-0.4, -0.2) is 9.97 Å². The molecule has 1 heterocycles. The first-order chi connectivity index (χ1) is 8.60. The number of rotatable bonds is 2. The minimum absolute atomic E-state index is 0.177. The third-order valence-corrected chi connectivity index (χ3v) is 5.04. The molecule has 3 atom stereocenters. The molecular formula is C14H15BrN2S. The number of nitrogens with zero attached hydrogens (tertiary/aromatic N) is 1. The van der Waals surface area contributed by atoms with Gasteiger partial charge in [0.25, 0.3) is 0 Å². The Kier molecular flexibility index (Phi) is 3.02. The van der Waals surface area contributed by atoms with Gasteiger partial charge in [-0.1, -0.05) is 24.4 Å². The average Bonchev–Trinajstić information content (AvgIpc) is 2.68. The summed E-state index contributed by atoms with van der Waals surface area (Å²) in [5, 5.41) is 0. The van der Waals surface area contributed by atoms with Crippen molar-refractivity contribution < 1.29 is 0 Å². The SMILES string of the molecule is NC(=S)C1(c2cncc(Br)c2)C[C@@H]2C=C[C@@H](C2)C1. The predicted octanol–water partition coefficient (Wildman–Crippen LogP) is 3.35. The second kappa shape index (κ2) is 4.42. The molecule has 2 bridgehead atoms. The molecule has 0 spiro atoms. The van der Waals surface area contributed by atoms with Gasteiger partial charge in [0.1, 0.15) is 0 Å². The zero-order valence-corrected chi connectivity index (χ0v) is 12.4. The number of nitrogens with two attached hydrogens (primary N) is 1. The van der Waals surface area contributed by atoms with Gasteiger partial charge in [0, 0.05) is 22.3 Å². The Morgan fingerprint density at radius 3 is 2.56 bits per heavy atom. The molecule has 4 heteroatoms. The maximum absolute atomic E-state index is 6.10. The monoisotopic (exact) mass is 322 g/mol. The van der Waals surface area contributed by atoms with Crippen molar-refractivity contribution in [2.75, 3.05) is 0 Å². The van der Waals surface area contributed by atoms with E-state index in [-0.39, 0.29) is 5.41 Å². The zero-order chi connectivity index (χ0) is 12.8. The fourth-order valence-corrected chi connectivity index (χ4v) is 4.04. The Labute approximate surface area is 121 Å². The second-order valence-corrected chi connectivity index (χ2v) is 6.74. The van der Waals surface area contributed by atoms with Crippen LogP contribution < -0.4 is 5.73 Å². The molecule has 1 saturated carbocycles. The smallest absolute Gasteiger partial charge is 0.0835 e. The highest BCUT2D eigenvalue weighted by Crippen LogP contribution is 2.49. The minimum atomic E-state index is -0.177. The van der Waals surface area contributed by atoms with Crippen LogP contribution in [0.3, 0.4) is 0 Å². The summed E-state index contributed by atoms with van der Waals surface area (Å²) in [7, 11) is 0. The van der Waals surface area contributed by atoms with Crippen molar-refractivity contribution >= 4 is 33.1 Å². The Morgan fingerprint density at radius 2 is 2.00 bits per heavy atom. The van der Waals surface area contributed by atoms with Crippen molar-refractivity contribution in [2.24, 2.45) is 17.6 Å². The van der Waals surface area contributed by atoms with Crippen molar-refractivity contribution in [1.29, 1.82) is 0 Å². The van der Waals surface area contributed by atoms with E-state index in [4.69, 9.17) is 18.0 Å². The lowest BCUT2D eigenvalue weighted by Gasteiger charge is -2.40. The molecule has 0 saturated heterocycles. The highest BCUT2D eigenvalue weighted by molar-refractivity contribution is 9.10. The highest BCUT2D eigenvalue weighted by Gasteiger charge is 2.45. The van der Waals surface area contributed by atoms with Crippen molar-refractivity contribution in [2.45, 2.75) is 24.7 Å². The van der Waals surface area contributed by atoms with E-state index in [1.54, 1.807) is 6.20 Å². The Morgan fingerprint density at radius 1 is 1.33 bits per heavy atom. The molecule has 0 amide bonds. The zero-order valence-electron chi connectivity index (χ0n) is 9.97. The van der Waals surface area contributed by atoms with Gasteiger partial charge in [0.05, 0.1) is 4.99 Å². The molecule has 2 nitrogen and oxygen atoms in total. The molecule has 2 N–H and O–H groups in total. The van der Waals surface area contributed by atoms with Crippen LogP contribution in [0, 0.1) is 11.8 Å². The second-order valence-electron chi connectivity index (χ2n) is 5.39. The molecule has 0 radical (unpaired) electrons. The van der Waals surface area contributed by atoms with E-state index in [2.05, 4.69) is 39.1 Å². The van der Waals surface area contributed by atoms with Crippen molar-refractivity contribution in [3.05, 3.63) is 40.6 Å². The van der Waals surface area contributed by atoms with E-state index in [1.807, 2.05) is 6.20 Å². The third kappa shape index (κ3) is 1.91. The number of allylic oxidation sites excluding steroid dienone is 2. The molecule has 1 aromatic rings. The molecule has 0 aliphatic heterocycles. The highest BCUT2D eigenvalue weighted by atomic mass is 79.9. The van der Waals surface area contributed by atoms with Gasteiger partial charge in [-0.3, -0.25) is 4.98 Å². The van der Waals surface area contributed by atoms with Gasteiger partial charge in [-0.2, -0.15) is 0 Å². The standard InChI is InChI=1S/C14H15BrN2S/c15-12-4-11(7-17-8-12)14(13(16)18)5-9-1-2-10(3-9)6-14/h1-2,4,7-10H,3,5-6H2,(H2,16,18)/t9-,10+,14?. The summed E-state index contributed by atoms with van der Waals surface area (Å²) in [6.07, 6.45) is 11.7. The topological polar surface area (TPSA) is 38.9 Å². The van der Waals surface area contributed by atoms with E-state index in [9.17, 15) is 0 Å². The first-order valence-electron chi connectivity index (χ1n) is 6.19. The van der Waals surface area contributed by atoms with E-state index < -0.39 is 0 Å². The van der Waals surface area contributed by atoms with Crippen LogP contribution in [-0.2, 0) is 5.41 Å². The van der Waals surface area contributed by atoms with E-state index in [1.165, 1.54) is 6.42 Å². The number of pyridine rings is 1. The number of halogens is 1. The van der Waals surface area contributed by atoms with Gasteiger partial charge in [-0.15, -0.1) is 0 Å². The molecule has 3 rings (SSSR count). The number of hydrogen-bond acceptors (Lipinski definition) is 2. The van der Waals surface area contributed by atoms with Crippen LogP contribution in [0.1, 0.15) is 24.8 Å². The van der Waals surface area contributed by atoms with E-state index in [0.29, 0.717) is 16.8 Å². The van der Waals surface area contributed by atoms with Gasteiger partial charge in [-0.25, -0.2) is 0 Å². The van der Waals surface area contributed by atoms with Gasteiger partial charge in [0.2, 0.25) is 0 Å². The third-order valence-electron chi connectivity index (χ3n) is 4.21. The summed E-state index contributed by atoms with van der Waals surface area (Å²) in [5.41, 5.74) is 7.08. The summed E-state index contributed by atoms with van der Waals surface area (Å²) in [4.78, 5) is 4.89. The first-order valence-corrected chi connectivity index (χ1v) is 7.39. The molecule has 0 aromatic carbocycles. The van der Waals surface area contributed by atoms with Crippen LogP contribution in [0.4, 0.5) is 0 Å². The lowest BCUT2D eigenvalue weighted by atomic mass is 9.65. The van der Waals surface area contributed by atoms with Gasteiger partial charge in [-0.05, 0) is 58.7 Å². The van der Waals surface area contributed by atoms with Crippen LogP contribution in [0.5, 0.6) is 0 Å². The van der Waals surface area contributed by atoms with Crippen LogP contribution in [0.15, 0.2) is 35.1 Å². The average molecular weight is 323 g/mol. The van der Waals surface area contributed by atoms with Gasteiger partial charge < -0.3 is 5.73 Å². The van der Waals surface area contributed by atoms with Crippen molar-refractivity contribution in [1.82, 2.24) is 4.98 Å². The van der Waals surface area contributed by atoms with E-state index >= 15 is 0 Å².